The summed E-state index contributed by atoms with van der Waals surface area (Å²) in [5, 5.41) is 9.03. The van der Waals surface area contributed by atoms with E-state index >= 15 is 0 Å². The molecule has 104 valence electrons. The minimum Gasteiger partial charge on any atom is -0.480 e. The lowest BCUT2D eigenvalue weighted by molar-refractivity contribution is -0.180. The molecule has 18 heavy (non-hydrogen) atoms. The summed E-state index contributed by atoms with van der Waals surface area (Å²) >= 11 is 0. The Balaban J connectivity index is 2.54. The number of hydrogen-bond donors (Lipinski definition) is 1. The molecule has 8 heteroatoms. The average Bonchev–Trinajstić information content (AvgIpc) is 2.59. The Kier molecular flexibility index (Phi) is 4.20. The first-order chi connectivity index (χ1) is 8.17. The van der Waals surface area contributed by atoms with Crippen molar-refractivity contribution >= 4 is 11.9 Å². The molecule has 0 aromatic heterocycles. The number of likely N-dealkylation sites (tertiary alicyclic amines) is 1. The van der Waals surface area contributed by atoms with Crippen LogP contribution in [0.2, 0.25) is 0 Å². The van der Waals surface area contributed by atoms with Gasteiger partial charge in [-0.2, -0.15) is 13.2 Å². The van der Waals surface area contributed by atoms with Crippen molar-refractivity contribution in [3.05, 3.63) is 0 Å². The van der Waals surface area contributed by atoms with E-state index in [2.05, 4.69) is 4.74 Å². The summed E-state index contributed by atoms with van der Waals surface area (Å²) in [5.74, 6) is -1.90. The highest BCUT2D eigenvalue weighted by molar-refractivity contribution is 5.87. The van der Waals surface area contributed by atoms with E-state index in [4.69, 9.17) is 5.11 Å². The third kappa shape index (κ3) is 3.34. The van der Waals surface area contributed by atoms with E-state index in [0.29, 0.717) is 6.42 Å². The number of carbonyl (C=O) groups is 2. The molecule has 0 aliphatic carbocycles. The molecule has 0 bridgehead atoms. The lowest BCUT2D eigenvalue weighted by Crippen LogP contribution is -2.52. The number of rotatable bonds is 4. The summed E-state index contributed by atoms with van der Waals surface area (Å²) in [6.45, 7) is -0.681. The van der Waals surface area contributed by atoms with Gasteiger partial charge in [-0.25, -0.2) is 4.79 Å². The van der Waals surface area contributed by atoms with Crippen LogP contribution in [0.4, 0.5) is 13.2 Å². The SMILES string of the molecule is CC1(C(=O)O)CCCN1C(=O)COCC(F)(F)F. The number of ether oxygens (including phenoxy) is 1. The van der Waals surface area contributed by atoms with Gasteiger partial charge in [0.15, 0.2) is 0 Å². The second kappa shape index (κ2) is 5.13. The molecular weight excluding hydrogens is 255 g/mol. The first kappa shape index (κ1) is 14.7. The smallest absolute Gasteiger partial charge is 0.411 e. The third-order valence-electron chi connectivity index (χ3n) is 2.89. The molecule has 1 rings (SSSR count). The van der Waals surface area contributed by atoms with Crippen molar-refractivity contribution in [2.24, 2.45) is 0 Å². The molecule has 1 unspecified atom stereocenters. The molecule has 1 saturated heterocycles. The molecule has 0 radical (unpaired) electrons. The lowest BCUT2D eigenvalue weighted by atomic mass is 9.99. The Hall–Kier alpha value is -1.31. The van der Waals surface area contributed by atoms with Gasteiger partial charge in [0, 0.05) is 6.54 Å². The van der Waals surface area contributed by atoms with E-state index in [0.717, 1.165) is 4.90 Å². The number of nitrogens with zero attached hydrogens (tertiary/aromatic N) is 1. The van der Waals surface area contributed by atoms with Gasteiger partial charge in [-0.05, 0) is 19.8 Å². The highest BCUT2D eigenvalue weighted by atomic mass is 19.4. The molecule has 0 aromatic carbocycles. The van der Waals surface area contributed by atoms with E-state index in [1.807, 2.05) is 0 Å². The Labute approximate surface area is 102 Å². The topological polar surface area (TPSA) is 66.8 Å². The molecule has 1 aliphatic heterocycles. The molecule has 1 heterocycles. The summed E-state index contributed by atoms with van der Waals surface area (Å²) in [7, 11) is 0. The predicted molar refractivity (Wildman–Crippen MR) is 53.9 cm³/mol. The van der Waals surface area contributed by atoms with E-state index in [9.17, 15) is 22.8 Å². The van der Waals surface area contributed by atoms with E-state index in [-0.39, 0.29) is 13.0 Å². The van der Waals surface area contributed by atoms with Gasteiger partial charge in [0.05, 0.1) is 0 Å². The number of halogens is 3. The molecule has 1 fully saturated rings. The standard InChI is InChI=1S/C10H14F3NO4/c1-9(8(16)17)3-2-4-14(9)7(15)5-18-6-10(11,12)13/h2-6H2,1H3,(H,16,17). The van der Waals surface area contributed by atoms with Crippen molar-refractivity contribution in [2.45, 2.75) is 31.5 Å². The number of alkyl halides is 3. The average molecular weight is 269 g/mol. The van der Waals surface area contributed by atoms with Gasteiger partial charge in [-0.15, -0.1) is 0 Å². The van der Waals surface area contributed by atoms with E-state index in [1.165, 1.54) is 6.92 Å². The summed E-state index contributed by atoms with van der Waals surface area (Å²) in [6.07, 6.45) is -3.71. The van der Waals surface area contributed by atoms with Gasteiger partial charge < -0.3 is 14.7 Å². The van der Waals surface area contributed by atoms with Crippen molar-refractivity contribution in [3.8, 4) is 0 Å². The fourth-order valence-electron chi connectivity index (χ4n) is 1.92. The zero-order chi connectivity index (χ0) is 14.0. The van der Waals surface area contributed by atoms with Crippen molar-refractivity contribution in [2.75, 3.05) is 19.8 Å². The molecule has 5 nitrogen and oxygen atoms in total. The first-order valence-electron chi connectivity index (χ1n) is 5.35. The number of carbonyl (C=O) groups excluding carboxylic acids is 1. The van der Waals surface area contributed by atoms with Crippen LogP contribution >= 0.6 is 0 Å². The summed E-state index contributed by atoms with van der Waals surface area (Å²) in [5.41, 5.74) is -1.35. The van der Waals surface area contributed by atoms with Crippen LogP contribution in [-0.4, -0.2) is 53.4 Å². The Morgan fingerprint density at radius 2 is 2.06 bits per heavy atom. The highest BCUT2D eigenvalue weighted by Crippen LogP contribution is 2.29. The predicted octanol–water partition coefficient (Wildman–Crippen LogP) is 1.03. The maximum absolute atomic E-state index is 11.8. The van der Waals surface area contributed by atoms with Crippen LogP contribution in [0.3, 0.4) is 0 Å². The number of hydrogen-bond acceptors (Lipinski definition) is 3. The zero-order valence-corrected chi connectivity index (χ0v) is 9.79. The summed E-state index contributed by atoms with van der Waals surface area (Å²) in [4.78, 5) is 23.7. The number of amides is 1. The Bertz CT molecular complexity index is 345. The maximum atomic E-state index is 11.8. The molecule has 1 amide bonds. The van der Waals surface area contributed by atoms with Crippen LogP contribution in [0.5, 0.6) is 0 Å². The second-order valence-electron chi connectivity index (χ2n) is 4.34. The number of carboxylic acids is 1. The van der Waals surface area contributed by atoms with Gasteiger partial charge in [-0.3, -0.25) is 4.79 Å². The minimum absolute atomic E-state index is 0.219. The first-order valence-corrected chi connectivity index (χ1v) is 5.35. The van der Waals surface area contributed by atoms with Gasteiger partial charge in [0.2, 0.25) is 5.91 Å². The summed E-state index contributed by atoms with van der Waals surface area (Å²) in [6, 6.07) is 0. The molecule has 1 aliphatic rings. The fraction of sp³-hybridized carbons (Fsp3) is 0.800. The van der Waals surface area contributed by atoms with Crippen LogP contribution in [0, 0.1) is 0 Å². The monoisotopic (exact) mass is 269 g/mol. The molecule has 0 aromatic rings. The van der Waals surface area contributed by atoms with Crippen LogP contribution in [0.1, 0.15) is 19.8 Å². The van der Waals surface area contributed by atoms with Crippen LogP contribution in [0.15, 0.2) is 0 Å². The van der Waals surface area contributed by atoms with Gasteiger partial charge >= 0.3 is 12.1 Å². The molecular formula is C10H14F3NO4. The molecule has 0 spiro atoms. The Morgan fingerprint density at radius 3 is 2.56 bits per heavy atom. The van der Waals surface area contributed by atoms with Crippen LogP contribution in [0.25, 0.3) is 0 Å². The van der Waals surface area contributed by atoms with Gasteiger partial charge in [0.25, 0.3) is 0 Å². The lowest BCUT2D eigenvalue weighted by Gasteiger charge is -2.31. The quantitative estimate of drug-likeness (QED) is 0.827. The van der Waals surface area contributed by atoms with Gasteiger partial charge in [-0.1, -0.05) is 0 Å². The second-order valence-corrected chi connectivity index (χ2v) is 4.34. The molecule has 1 N–H and O–H groups in total. The van der Waals surface area contributed by atoms with Crippen molar-refractivity contribution in [3.63, 3.8) is 0 Å². The van der Waals surface area contributed by atoms with Crippen molar-refractivity contribution < 1.29 is 32.6 Å². The van der Waals surface area contributed by atoms with E-state index in [1.54, 1.807) is 0 Å². The minimum atomic E-state index is -4.50. The van der Waals surface area contributed by atoms with Crippen LogP contribution < -0.4 is 0 Å². The fourth-order valence-corrected chi connectivity index (χ4v) is 1.92. The maximum Gasteiger partial charge on any atom is 0.411 e. The third-order valence-corrected chi connectivity index (χ3v) is 2.89. The number of aliphatic carboxylic acids is 1. The largest absolute Gasteiger partial charge is 0.480 e. The van der Waals surface area contributed by atoms with E-state index < -0.39 is 36.8 Å². The van der Waals surface area contributed by atoms with Crippen molar-refractivity contribution in [1.82, 2.24) is 4.90 Å². The normalized spacial score (nSPS) is 24.3. The molecule has 1 atom stereocenters. The zero-order valence-electron chi connectivity index (χ0n) is 9.79. The molecule has 0 saturated carbocycles. The highest BCUT2D eigenvalue weighted by Gasteiger charge is 2.45. The van der Waals surface area contributed by atoms with Crippen LogP contribution in [-0.2, 0) is 14.3 Å². The van der Waals surface area contributed by atoms with Crippen molar-refractivity contribution in [1.29, 1.82) is 0 Å². The number of carboxylic acid groups (broad SMARTS) is 1. The summed E-state index contributed by atoms with van der Waals surface area (Å²) < 4.78 is 39.7. The Morgan fingerprint density at radius 1 is 1.44 bits per heavy atom. The van der Waals surface area contributed by atoms with Gasteiger partial charge in [0.1, 0.15) is 18.8 Å².